The Morgan fingerprint density at radius 2 is 1.78 bits per heavy atom. The summed E-state index contributed by atoms with van der Waals surface area (Å²) >= 11 is 0. The number of nitrogens with one attached hydrogen (secondary N) is 1. The van der Waals surface area contributed by atoms with E-state index in [0.717, 1.165) is 50.5 Å². The Bertz CT molecular complexity index is 734. The van der Waals surface area contributed by atoms with E-state index in [-0.39, 0.29) is 6.03 Å². The van der Waals surface area contributed by atoms with E-state index in [1.165, 1.54) is 19.3 Å². The van der Waals surface area contributed by atoms with Crippen LogP contribution in [0.3, 0.4) is 0 Å². The summed E-state index contributed by atoms with van der Waals surface area (Å²) in [6.45, 7) is 3.83. The van der Waals surface area contributed by atoms with Crippen molar-refractivity contribution < 1.29 is 4.79 Å². The molecule has 8 nitrogen and oxygen atoms in total. The molecule has 1 aliphatic carbocycles. The maximum atomic E-state index is 12.5. The molecule has 1 saturated carbocycles. The molecular weight excluding hydrogens is 342 g/mol. The minimum absolute atomic E-state index is 0.0932. The SMILES string of the molecule is O=C(NC1CCCCC1)N1CCN(Cc2nnnn2-c2ccccc2)CC1. The van der Waals surface area contributed by atoms with E-state index in [0.29, 0.717) is 12.6 Å². The number of amides is 2. The number of aromatic nitrogens is 4. The van der Waals surface area contributed by atoms with Crippen LogP contribution < -0.4 is 5.32 Å². The van der Waals surface area contributed by atoms with Crippen molar-refractivity contribution in [1.82, 2.24) is 35.3 Å². The lowest BCUT2D eigenvalue weighted by Crippen LogP contribution is -2.53. The van der Waals surface area contributed by atoms with Crippen molar-refractivity contribution >= 4 is 6.03 Å². The summed E-state index contributed by atoms with van der Waals surface area (Å²) in [6.07, 6.45) is 6.00. The number of rotatable bonds is 4. The van der Waals surface area contributed by atoms with Crippen molar-refractivity contribution in [3.63, 3.8) is 0 Å². The van der Waals surface area contributed by atoms with Crippen molar-refractivity contribution in [2.24, 2.45) is 0 Å². The van der Waals surface area contributed by atoms with Crippen molar-refractivity contribution in [2.75, 3.05) is 26.2 Å². The molecule has 1 aliphatic heterocycles. The van der Waals surface area contributed by atoms with Crippen LogP contribution in [-0.4, -0.2) is 68.3 Å². The summed E-state index contributed by atoms with van der Waals surface area (Å²) in [4.78, 5) is 16.7. The van der Waals surface area contributed by atoms with Gasteiger partial charge in [0.15, 0.2) is 5.82 Å². The molecule has 0 bridgehead atoms. The molecule has 1 N–H and O–H groups in total. The van der Waals surface area contributed by atoms with E-state index in [2.05, 4.69) is 25.7 Å². The second-order valence-electron chi connectivity index (χ2n) is 7.39. The molecule has 2 amide bonds. The molecule has 0 atom stereocenters. The zero-order valence-corrected chi connectivity index (χ0v) is 15.6. The number of para-hydroxylation sites is 1. The number of urea groups is 1. The van der Waals surface area contributed by atoms with Crippen molar-refractivity contribution in [3.05, 3.63) is 36.2 Å². The van der Waals surface area contributed by atoms with Gasteiger partial charge < -0.3 is 10.2 Å². The molecule has 2 heterocycles. The van der Waals surface area contributed by atoms with Crippen molar-refractivity contribution in [1.29, 1.82) is 0 Å². The fraction of sp³-hybridized carbons (Fsp3) is 0.579. The highest BCUT2D eigenvalue weighted by Crippen LogP contribution is 2.18. The highest BCUT2D eigenvalue weighted by Gasteiger charge is 2.24. The molecule has 1 saturated heterocycles. The molecule has 4 rings (SSSR count). The first-order valence-corrected chi connectivity index (χ1v) is 9.90. The Labute approximate surface area is 159 Å². The fourth-order valence-corrected chi connectivity index (χ4v) is 3.90. The van der Waals surface area contributed by atoms with Crippen LogP contribution in [0.15, 0.2) is 30.3 Å². The van der Waals surface area contributed by atoms with Gasteiger partial charge in [0.05, 0.1) is 12.2 Å². The Hall–Kier alpha value is -2.48. The Balaban J connectivity index is 1.29. The van der Waals surface area contributed by atoms with Crippen LogP contribution in [0, 0.1) is 0 Å². The van der Waals surface area contributed by atoms with Gasteiger partial charge in [-0.15, -0.1) is 5.10 Å². The highest BCUT2D eigenvalue weighted by molar-refractivity contribution is 5.74. The van der Waals surface area contributed by atoms with Crippen molar-refractivity contribution in [3.8, 4) is 5.69 Å². The fourth-order valence-electron chi connectivity index (χ4n) is 3.90. The quantitative estimate of drug-likeness (QED) is 0.889. The van der Waals surface area contributed by atoms with E-state index in [1.807, 2.05) is 35.2 Å². The summed E-state index contributed by atoms with van der Waals surface area (Å²) < 4.78 is 1.78. The topological polar surface area (TPSA) is 79.2 Å². The smallest absolute Gasteiger partial charge is 0.317 e. The molecule has 8 heteroatoms. The third kappa shape index (κ3) is 4.44. The van der Waals surface area contributed by atoms with E-state index < -0.39 is 0 Å². The molecule has 27 heavy (non-hydrogen) atoms. The van der Waals surface area contributed by atoms with E-state index in [9.17, 15) is 4.79 Å². The van der Waals surface area contributed by atoms with Crippen LogP contribution in [0.2, 0.25) is 0 Å². The number of carbonyl (C=O) groups is 1. The molecular formula is C19H27N7O. The lowest BCUT2D eigenvalue weighted by atomic mass is 9.96. The number of benzene rings is 1. The van der Waals surface area contributed by atoms with E-state index in [1.54, 1.807) is 4.68 Å². The van der Waals surface area contributed by atoms with Gasteiger partial charge in [-0.1, -0.05) is 37.5 Å². The summed E-state index contributed by atoms with van der Waals surface area (Å²) in [5.41, 5.74) is 0.961. The first kappa shape index (κ1) is 17.9. The van der Waals surface area contributed by atoms with Crippen LogP contribution in [0.4, 0.5) is 4.79 Å². The average molecular weight is 369 g/mol. The number of carbonyl (C=O) groups excluding carboxylic acids is 1. The summed E-state index contributed by atoms with van der Waals surface area (Å²) in [7, 11) is 0. The summed E-state index contributed by atoms with van der Waals surface area (Å²) in [5, 5.41) is 15.3. The molecule has 0 radical (unpaired) electrons. The normalized spacial score (nSPS) is 19.2. The number of hydrogen-bond acceptors (Lipinski definition) is 5. The van der Waals surface area contributed by atoms with E-state index in [4.69, 9.17) is 0 Å². The Morgan fingerprint density at radius 3 is 2.52 bits per heavy atom. The first-order chi connectivity index (χ1) is 13.3. The largest absolute Gasteiger partial charge is 0.335 e. The van der Waals surface area contributed by atoms with Crippen molar-refractivity contribution in [2.45, 2.75) is 44.7 Å². The number of hydrogen-bond donors (Lipinski definition) is 1. The molecule has 144 valence electrons. The summed E-state index contributed by atoms with van der Waals surface area (Å²) in [6, 6.07) is 10.4. The molecule has 0 spiro atoms. The molecule has 1 aromatic heterocycles. The van der Waals surface area contributed by atoms with Gasteiger partial charge in [0.2, 0.25) is 0 Å². The minimum atomic E-state index is 0.0932. The third-order valence-corrected chi connectivity index (χ3v) is 5.49. The maximum absolute atomic E-state index is 12.5. The number of tetrazole rings is 1. The molecule has 2 aromatic rings. The predicted molar refractivity (Wildman–Crippen MR) is 101 cm³/mol. The first-order valence-electron chi connectivity index (χ1n) is 9.90. The zero-order valence-electron chi connectivity index (χ0n) is 15.6. The molecule has 2 fully saturated rings. The van der Waals surface area contributed by atoms with Gasteiger partial charge in [-0.3, -0.25) is 4.90 Å². The van der Waals surface area contributed by atoms with Gasteiger partial charge in [-0.25, -0.2) is 4.79 Å². The van der Waals surface area contributed by atoms with E-state index >= 15 is 0 Å². The van der Waals surface area contributed by atoms with Gasteiger partial charge >= 0.3 is 6.03 Å². The van der Waals surface area contributed by atoms with Gasteiger partial charge in [0.1, 0.15) is 0 Å². The Morgan fingerprint density at radius 1 is 1.04 bits per heavy atom. The third-order valence-electron chi connectivity index (χ3n) is 5.49. The van der Waals surface area contributed by atoms with Gasteiger partial charge in [-0.05, 0) is 35.4 Å². The molecule has 0 unspecified atom stereocenters. The zero-order chi connectivity index (χ0) is 18.5. The predicted octanol–water partition coefficient (Wildman–Crippen LogP) is 1.82. The van der Waals surface area contributed by atoms with Crippen LogP contribution >= 0.6 is 0 Å². The standard InChI is InChI=1S/C19H27N7O/c27-19(20-16-7-3-1-4-8-16)25-13-11-24(12-14-25)15-18-21-22-23-26(18)17-9-5-2-6-10-17/h2,5-6,9-10,16H,1,3-4,7-8,11-15H2,(H,20,27). The molecule has 1 aromatic carbocycles. The average Bonchev–Trinajstić information content (AvgIpc) is 3.18. The van der Waals surface area contributed by atoms with Gasteiger partial charge in [-0.2, -0.15) is 4.68 Å². The monoisotopic (exact) mass is 369 g/mol. The minimum Gasteiger partial charge on any atom is -0.335 e. The highest BCUT2D eigenvalue weighted by atomic mass is 16.2. The maximum Gasteiger partial charge on any atom is 0.317 e. The molecule has 2 aliphatic rings. The second kappa shape index (κ2) is 8.47. The number of piperazine rings is 1. The second-order valence-corrected chi connectivity index (χ2v) is 7.39. The van der Waals surface area contributed by atoms with Crippen LogP contribution in [0.1, 0.15) is 37.9 Å². The van der Waals surface area contributed by atoms with Gasteiger partial charge in [0, 0.05) is 32.2 Å². The van der Waals surface area contributed by atoms with Crippen LogP contribution in [-0.2, 0) is 6.54 Å². The van der Waals surface area contributed by atoms with Crippen LogP contribution in [0.25, 0.3) is 5.69 Å². The number of nitrogens with zero attached hydrogens (tertiary/aromatic N) is 6. The summed E-state index contributed by atoms with van der Waals surface area (Å²) in [5.74, 6) is 0.821. The lowest BCUT2D eigenvalue weighted by molar-refractivity contribution is 0.129. The lowest BCUT2D eigenvalue weighted by Gasteiger charge is -2.35. The Kier molecular flexibility index (Phi) is 5.62. The van der Waals surface area contributed by atoms with Gasteiger partial charge in [0.25, 0.3) is 0 Å². The van der Waals surface area contributed by atoms with Crippen LogP contribution in [0.5, 0.6) is 0 Å².